The van der Waals surface area contributed by atoms with Crippen molar-refractivity contribution >= 4 is 6.03 Å². The first-order valence-corrected chi connectivity index (χ1v) is 8.09. The van der Waals surface area contributed by atoms with Crippen molar-refractivity contribution < 1.29 is 4.79 Å². The van der Waals surface area contributed by atoms with Crippen molar-refractivity contribution in [1.29, 1.82) is 0 Å². The van der Waals surface area contributed by atoms with Gasteiger partial charge in [0.15, 0.2) is 5.82 Å². The largest absolute Gasteiger partial charge is 0.338 e. The second-order valence-corrected chi connectivity index (χ2v) is 5.53. The van der Waals surface area contributed by atoms with Crippen LogP contribution in [0.4, 0.5) is 4.79 Å². The first-order valence-electron chi connectivity index (χ1n) is 8.09. The highest BCUT2D eigenvalue weighted by molar-refractivity contribution is 5.74. The third-order valence-electron chi connectivity index (χ3n) is 3.64. The molecule has 2 heterocycles. The zero-order valence-corrected chi connectivity index (χ0v) is 13.9. The SMILES string of the molecule is C[C@@H](NC(=O)NCCCn1cccn1)c1nnnn1-c1ccccc1. The fourth-order valence-electron chi connectivity index (χ4n) is 2.41. The molecule has 0 saturated heterocycles. The van der Waals surface area contributed by atoms with Gasteiger partial charge in [-0.3, -0.25) is 4.68 Å². The summed E-state index contributed by atoms with van der Waals surface area (Å²) in [5.41, 5.74) is 0.843. The van der Waals surface area contributed by atoms with Crippen molar-refractivity contribution in [2.45, 2.75) is 25.9 Å². The summed E-state index contributed by atoms with van der Waals surface area (Å²) < 4.78 is 3.44. The number of benzene rings is 1. The van der Waals surface area contributed by atoms with E-state index in [1.54, 1.807) is 10.9 Å². The van der Waals surface area contributed by atoms with E-state index in [1.165, 1.54) is 0 Å². The highest BCUT2D eigenvalue weighted by Gasteiger charge is 2.17. The van der Waals surface area contributed by atoms with Crippen molar-refractivity contribution in [1.82, 2.24) is 40.6 Å². The molecule has 0 spiro atoms. The molecule has 2 amide bonds. The Morgan fingerprint density at radius 1 is 1.24 bits per heavy atom. The normalized spacial score (nSPS) is 11.9. The van der Waals surface area contributed by atoms with Gasteiger partial charge in [-0.05, 0) is 42.0 Å². The fourth-order valence-corrected chi connectivity index (χ4v) is 2.41. The Bertz CT molecular complexity index is 784. The molecule has 1 atom stereocenters. The number of hydrogen-bond acceptors (Lipinski definition) is 5. The molecule has 0 aliphatic heterocycles. The van der Waals surface area contributed by atoms with Crippen LogP contribution in [0, 0.1) is 0 Å². The van der Waals surface area contributed by atoms with Crippen LogP contribution in [-0.4, -0.2) is 42.6 Å². The summed E-state index contributed by atoms with van der Waals surface area (Å²) >= 11 is 0. The summed E-state index contributed by atoms with van der Waals surface area (Å²) in [6.45, 7) is 3.16. The molecular weight excluding hydrogens is 320 g/mol. The van der Waals surface area contributed by atoms with Crippen molar-refractivity contribution in [3.63, 3.8) is 0 Å². The third-order valence-corrected chi connectivity index (χ3v) is 3.64. The summed E-state index contributed by atoms with van der Waals surface area (Å²) in [6, 6.07) is 10.8. The summed E-state index contributed by atoms with van der Waals surface area (Å²) in [4.78, 5) is 12.0. The van der Waals surface area contributed by atoms with E-state index < -0.39 is 0 Å². The lowest BCUT2D eigenvalue weighted by atomic mass is 10.3. The second-order valence-electron chi connectivity index (χ2n) is 5.53. The van der Waals surface area contributed by atoms with E-state index >= 15 is 0 Å². The number of aromatic nitrogens is 6. The van der Waals surface area contributed by atoms with Gasteiger partial charge in [-0.25, -0.2) is 4.79 Å². The standard InChI is InChI=1S/C16H20N8O/c1-13(15-20-21-22-24(15)14-7-3-2-4-8-14)19-16(25)17-9-5-11-23-12-6-10-18-23/h2-4,6-8,10,12-13H,5,9,11H2,1H3,(H2,17,19,25)/t13-/m1/s1. The number of hydrogen-bond donors (Lipinski definition) is 2. The average molecular weight is 340 g/mol. The smallest absolute Gasteiger partial charge is 0.315 e. The molecule has 2 aromatic heterocycles. The van der Waals surface area contributed by atoms with Gasteiger partial charge >= 0.3 is 6.03 Å². The van der Waals surface area contributed by atoms with E-state index in [0.717, 1.165) is 18.7 Å². The third kappa shape index (κ3) is 4.40. The number of para-hydroxylation sites is 1. The van der Waals surface area contributed by atoms with Gasteiger partial charge in [0.05, 0.1) is 11.7 Å². The Morgan fingerprint density at radius 2 is 2.08 bits per heavy atom. The number of rotatable bonds is 7. The van der Waals surface area contributed by atoms with Gasteiger partial charge in [-0.2, -0.15) is 9.78 Å². The molecule has 0 fully saturated rings. The van der Waals surface area contributed by atoms with E-state index in [4.69, 9.17) is 0 Å². The summed E-state index contributed by atoms with van der Waals surface area (Å²) in [5, 5.41) is 21.5. The number of tetrazole rings is 1. The van der Waals surface area contributed by atoms with Crippen molar-refractivity contribution in [2.24, 2.45) is 0 Å². The van der Waals surface area contributed by atoms with E-state index in [0.29, 0.717) is 12.4 Å². The molecule has 9 nitrogen and oxygen atoms in total. The first kappa shape index (κ1) is 16.6. The highest BCUT2D eigenvalue weighted by Crippen LogP contribution is 2.13. The van der Waals surface area contributed by atoms with Gasteiger partial charge in [0.1, 0.15) is 0 Å². The number of aryl methyl sites for hydroxylation is 1. The predicted octanol–water partition coefficient (Wildman–Crippen LogP) is 1.31. The number of carbonyl (C=O) groups excluding carboxylic acids is 1. The topological polar surface area (TPSA) is 103 Å². The first-order chi connectivity index (χ1) is 12.2. The Labute approximate surface area is 145 Å². The highest BCUT2D eigenvalue weighted by atomic mass is 16.2. The number of carbonyl (C=O) groups is 1. The van der Waals surface area contributed by atoms with E-state index in [2.05, 4.69) is 31.3 Å². The molecule has 0 bridgehead atoms. The van der Waals surface area contributed by atoms with Crippen LogP contribution < -0.4 is 10.6 Å². The number of amides is 2. The minimum absolute atomic E-state index is 0.254. The van der Waals surface area contributed by atoms with E-state index in [-0.39, 0.29) is 12.1 Å². The molecule has 1 aromatic carbocycles. The Morgan fingerprint density at radius 3 is 2.84 bits per heavy atom. The van der Waals surface area contributed by atoms with Crippen LogP contribution in [0.1, 0.15) is 25.2 Å². The zero-order chi connectivity index (χ0) is 17.5. The van der Waals surface area contributed by atoms with Gasteiger partial charge < -0.3 is 10.6 Å². The van der Waals surface area contributed by atoms with Gasteiger partial charge in [0, 0.05) is 25.5 Å². The summed E-state index contributed by atoms with van der Waals surface area (Å²) in [5.74, 6) is 0.567. The number of urea groups is 1. The van der Waals surface area contributed by atoms with E-state index in [1.807, 2.05) is 54.2 Å². The molecule has 0 aliphatic rings. The molecule has 3 rings (SSSR count). The molecule has 9 heteroatoms. The Kier molecular flexibility index (Phi) is 5.35. The van der Waals surface area contributed by atoms with Gasteiger partial charge in [0.2, 0.25) is 0 Å². The van der Waals surface area contributed by atoms with Crippen LogP contribution in [0.25, 0.3) is 5.69 Å². The summed E-state index contributed by atoms with van der Waals surface area (Å²) in [7, 11) is 0. The lowest BCUT2D eigenvalue weighted by molar-refractivity contribution is 0.237. The molecule has 0 saturated carbocycles. The molecule has 3 aromatic rings. The monoisotopic (exact) mass is 340 g/mol. The lowest BCUT2D eigenvalue weighted by Gasteiger charge is -2.14. The summed E-state index contributed by atoms with van der Waals surface area (Å²) in [6.07, 6.45) is 4.43. The molecule has 0 aliphatic carbocycles. The van der Waals surface area contributed by atoms with E-state index in [9.17, 15) is 4.79 Å². The number of nitrogens with zero attached hydrogens (tertiary/aromatic N) is 6. The quantitative estimate of drug-likeness (QED) is 0.631. The van der Waals surface area contributed by atoms with Gasteiger partial charge in [-0.15, -0.1) is 5.10 Å². The van der Waals surface area contributed by atoms with Crippen molar-refractivity contribution in [3.8, 4) is 5.69 Å². The van der Waals surface area contributed by atoms with Crippen LogP contribution >= 0.6 is 0 Å². The molecule has 0 unspecified atom stereocenters. The van der Waals surface area contributed by atoms with Crippen LogP contribution in [-0.2, 0) is 6.54 Å². The average Bonchev–Trinajstić information content (AvgIpc) is 3.31. The van der Waals surface area contributed by atoms with Gasteiger partial charge in [-0.1, -0.05) is 18.2 Å². The lowest BCUT2D eigenvalue weighted by Crippen LogP contribution is -2.38. The minimum Gasteiger partial charge on any atom is -0.338 e. The molecule has 0 radical (unpaired) electrons. The van der Waals surface area contributed by atoms with Crippen molar-refractivity contribution in [2.75, 3.05) is 6.54 Å². The number of nitrogens with one attached hydrogen (secondary N) is 2. The zero-order valence-electron chi connectivity index (χ0n) is 13.9. The van der Waals surface area contributed by atoms with Gasteiger partial charge in [0.25, 0.3) is 0 Å². The maximum absolute atomic E-state index is 12.0. The Hall–Kier alpha value is -3.23. The molecule has 2 N–H and O–H groups in total. The fraction of sp³-hybridized carbons (Fsp3) is 0.312. The molecule has 130 valence electrons. The molecular formula is C16H20N8O. The van der Waals surface area contributed by atoms with Crippen molar-refractivity contribution in [3.05, 3.63) is 54.6 Å². The second kappa shape index (κ2) is 8.04. The maximum atomic E-state index is 12.0. The molecule has 25 heavy (non-hydrogen) atoms. The van der Waals surface area contributed by atoms with Crippen LogP contribution in [0.5, 0.6) is 0 Å². The van der Waals surface area contributed by atoms with Crippen LogP contribution in [0.15, 0.2) is 48.8 Å². The predicted molar refractivity (Wildman–Crippen MR) is 90.9 cm³/mol. The maximum Gasteiger partial charge on any atom is 0.315 e. The van der Waals surface area contributed by atoms with Crippen LogP contribution in [0.3, 0.4) is 0 Å². The van der Waals surface area contributed by atoms with Crippen LogP contribution in [0.2, 0.25) is 0 Å². The minimum atomic E-state index is -0.332. The Balaban J connectivity index is 1.50.